The topological polar surface area (TPSA) is 51.9 Å². The predicted octanol–water partition coefficient (Wildman–Crippen LogP) is 3.58. The van der Waals surface area contributed by atoms with Gasteiger partial charge in [-0.2, -0.15) is 5.10 Å². The number of carbonyl (C=O) groups is 1. The van der Waals surface area contributed by atoms with Crippen LogP contribution in [0.2, 0.25) is 0 Å². The number of nitrogens with one attached hydrogen (secondary N) is 1. The van der Waals surface area contributed by atoms with Gasteiger partial charge in [0.2, 0.25) is 5.91 Å². The van der Waals surface area contributed by atoms with Crippen LogP contribution >= 0.6 is 0 Å². The van der Waals surface area contributed by atoms with Crippen LogP contribution in [0.1, 0.15) is 16.7 Å². The smallest absolute Gasteiger partial charge is 0.224 e. The molecule has 0 unspecified atom stereocenters. The maximum atomic E-state index is 12.4. The second kappa shape index (κ2) is 8.39. The van der Waals surface area contributed by atoms with E-state index in [1.807, 2.05) is 88.5 Å². The van der Waals surface area contributed by atoms with Gasteiger partial charge in [0.15, 0.2) is 0 Å². The molecule has 140 valence electrons. The Morgan fingerprint density at radius 2 is 1.61 bits per heavy atom. The second-order valence-electron chi connectivity index (χ2n) is 6.68. The minimum Gasteiger partial charge on any atom is -0.352 e. The van der Waals surface area contributed by atoms with E-state index >= 15 is 0 Å². The van der Waals surface area contributed by atoms with Gasteiger partial charge < -0.3 is 9.88 Å². The van der Waals surface area contributed by atoms with E-state index in [2.05, 4.69) is 16.5 Å². The van der Waals surface area contributed by atoms with Gasteiger partial charge in [0, 0.05) is 37.0 Å². The van der Waals surface area contributed by atoms with Crippen LogP contribution in [0.3, 0.4) is 0 Å². The van der Waals surface area contributed by atoms with Crippen LogP contribution in [0.4, 0.5) is 0 Å². The molecule has 0 fully saturated rings. The van der Waals surface area contributed by atoms with Gasteiger partial charge >= 0.3 is 0 Å². The van der Waals surface area contributed by atoms with E-state index in [0.717, 1.165) is 22.4 Å². The third-order valence-electron chi connectivity index (χ3n) is 4.69. The Balaban J connectivity index is 1.35. The fraction of sp³-hybridized carbons (Fsp3) is 0.130. The van der Waals surface area contributed by atoms with Crippen molar-refractivity contribution in [3.8, 4) is 5.69 Å². The zero-order valence-corrected chi connectivity index (χ0v) is 15.5. The van der Waals surface area contributed by atoms with Crippen molar-refractivity contribution in [1.82, 2.24) is 19.7 Å². The lowest BCUT2D eigenvalue weighted by molar-refractivity contribution is -0.120. The number of carbonyl (C=O) groups excluding carboxylic acids is 1. The van der Waals surface area contributed by atoms with Crippen LogP contribution < -0.4 is 5.32 Å². The summed E-state index contributed by atoms with van der Waals surface area (Å²) in [5.74, 6) is 0.0163. The van der Waals surface area contributed by atoms with Crippen molar-refractivity contribution in [2.75, 3.05) is 0 Å². The number of aromatic nitrogens is 3. The van der Waals surface area contributed by atoms with Crippen molar-refractivity contribution in [3.63, 3.8) is 0 Å². The van der Waals surface area contributed by atoms with Gasteiger partial charge in [0.1, 0.15) is 0 Å². The molecule has 0 atom stereocenters. The highest BCUT2D eigenvalue weighted by atomic mass is 16.1. The molecule has 4 aromatic rings. The zero-order chi connectivity index (χ0) is 19.2. The lowest BCUT2D eigenvalue weighted by atomic mass is 10.1. The van der Waals surface area contributed by atoms with Crippen molar-refractivity contribution in [3.05, 3.63) is 108 Å². The Kier molecular flexibility index (Phi) is 5.33. The molecule has 2 aromatic heterocycles. The fourth-order valence-electron chi connectivity index (χ4n) is 3.19. The quantitative estimate of drug-likeness (QED) is 0.541. The lowest BCUT2D eigenvalue weighted by Gasteiger charge is -2.11. The Hall–Kier alpha value is -3.60. The SMILES string of the molecule is O=C(Cc1ccc(-n2cccc2)cc1)NCc1ccccc1Cn1cccn1. The molecule has 5 nitrogen and oxygen atoms in total. The lowest BCUT2D eigenvalue weighted by Crippen LogP contribution is -2.25. The molecule has 1 amide bonds. The number of hydrogen-bond acceptors (Lipinski definition) is 2. The van der Waals surface area contributed by atoms with Gasteiger partial charge in [-0.1, -0.05) is 36.4 Å². The first-order valence-corrected chi connectivity index (χ1v) is 9.31. The van der Waals surface area contributed by atoms with E-state index in [9.17, 15) is 4.79 Å². The first-order valence-electron chi connectivity index (χ1n) is 9.31. The van der Waals surface area contributed by atoms with Crippen LogP contribution in [-0.4, -0.2) is 20.3 Å². The molecular weight excluding hydrogens is 348 g/mol. The Labute approximate surface area is 164 Å². The molecule has 5 heteroatoms. The van der Waals surface area contributed by atoms with Crippen molar-refractivity contribution in [1.29, 1.82) is 0 Å². The molecule has 4 rings (SSSR count). The minimum atomic E-state index is 0.0163. The van der Waals surface area contributed by atoms with Crippen LogP contribution in [0.5, 0.6) is 0 Å². The highest BCUT2D eigenvalue weighted by Gasteiger charge is 2.07. The molecule has 0 bridgehead atoms. The van der Waals surface area contributed by atoms with Crippen LogP contribution in [-0.2, 0) is 24.3 Å². The van der Waals surface area contributed by atoms with Crippen molar-refractivity contribution < 1.29 is 4.79 Å². The zero-order valence-electron chi connectivity index (χ0n) is 15.5. The molecule has 2 heterocycles. The number of nitrogens with zero attached hydrogens (tertiary/aromatic N) is 3. The second-order valence-corrected chi connectivity index (χ2v) is 6.68. The number of rotatable bonds is 7. The average Bonchev–Trinajstić information content (AvgIpc) is 3.42. The molecule has 0 saturated heterocycles. The fourth-order valence-corrected chi connectivity index (χ4v) is 3.19. The predicted molar refractivity (Wildman–Crippen MR) is 109 cm³/mol. The Bertz CT molecular complexity index is 1020. The van der Waals surface area contributed by atoms with E-state index in [-0.39, 0.29) is 5.91 Å². The van der Waals surface area contributed by atoms with Crippen LogP contribution in [0.25, 0.3) is 5.69 Å². The number of amides is 1. The minimum absolute atomic E-state index is 0.0163. The summed E-state index contributed by atoms with van der Waals surface area (Å²) in [7, 11) is 0. The summed E-state index contributed by atoms with van der Waals surface area (Å²) < 4.78 is 3.92. The normalized spacial score (nSPS) is 10.7. The summed E-state index contributed by atoms with van der Waals surface area (Å²) in [4.78, 5) is 12.4. The van der Waals surface area contributed by atoms with E-state index < -0.39 is 0 Å². The molecule has 0 saturated carbocycles. The van der Waals surface area contributed by atoms with E-state index in [1.165, 1.54) is 0 Å². The van der Waals surface area contributed by atoms with Crippen molar-refractivity contribution >= 4 is 5.91 Å². The molecule has 1 N–H and O–H groups in total. The van der Waals surface area contributed by atoms with Gasteiger partial charge in [-0.05, 0) is 47.0 Å². The molecule has 28 heavy (non-hydrogen) atoms. The first-order chi connectivity index (χ1) is 13.8. The van der Waals surface area contributed by atoms with Crippen LogP contribution in [0, 0.1) is 0 Å². The summed E-state index contributed by atoms with van der Waals surface area (Å²) in [6.45, 7) is 1.21. The standard InChI is InChI=1S/C23H22N4O/c28-23(16-19-8-10-22(11-9-19)26-13-3-4-14-26)24-17-20-6-1-2-7-21(20)18-27-15-5-12-25-27/h1-15H,16-18H2,(H,24,28). The molecule has 0 aliphatic rings. The highest BCUT2D eigenvalue weighted by molar-refractivity contribution is 5.78. The van der Waals surface area contributed by atoms with E-state index in [1.54, 1.807) is 6.20 Å². The molecule has 0 aliphatic carbocycles. The van der Waals surface area contributed by atoms with E-state index in [0.29, 0.717) is 19.5 Å². The third kappa shape index (κ3) is 4.38. The summed E-state index contributed by atoms with van der Waals surface area (Å²) in [6, 6.07) is 22.1. The summed E-state index contributed by atoms with van der Waals surface area (Å²) in [5, 5.41) is 7.29. The maximum Gasteiger partial charge on any atom is 0.224 e. The molecular formula is C23H22N4O. The van der Waals surface area contributed by atoms with Crippen LogP contribution in [0.15, 0.2) is 91.5 Å². The van der Waals surface area contributed by atoms with Crippen molar-refractivity contribution in [2.45, 2.75) is 19.5 Å². The largest absolute Gasteiger partial charge is 0.352 e. The Morgan fingerprint density at radius 1 is 0.857 bits per heavy atom. The van der Waals surface area contributed by atoms with E-state index in [4.69, 9.17) is 0 Å². The van der Waals surface area contributed by atoms with Gasteiger partial charge in [0.05, 0.1) is 13.0 Å². The average molecular weight is 370 g/mol. The summed E-state index contributed by atoms with van der Waals surface area (Å²) >= 11 is 0. The number of benzene rings is 2. The Morgan fingerprint density at radius 3 is 2.32 bits per heavy atom. The number of hydrogen-bond donors (Lipinski definition) is 1. The van der Waals surface area contributed by atoms with Gasteiger partial charge in [-0.25, -0.2) is 0 Å². The molecule has 0 aliphatic heterocycles. The maximum absolute atomic E-state index is 12.4. The highest BCUT2D eigenvalue weighted by Crippen LogP contribution is 2.12. The first kappa shape index (κ1) is 17.8. The molecule has 2 aromatic carbocycles. The van der Waals surface area contributed by atoms with Gasteiger partial charge in [0.25, 0.3) is 0 Å². The summed E-state index contributed by atoms with van der Waals surface area (Å²) in [6.07, 6.45) is 8.08. The third-order valence-corrected chi connectivity index (χ3v) is 4.69. The monoisotopic (exact) mass is 370 g/mol. The van der Waals surface area contributed by atoms with Gasteiger partial charge in [-0.15, -0.1) is 0 Å². The van der Waals surface area contributed by atoms with Crippen molar-refractivity contribution in [2.24, 2.45) is 0 Å². The summed E-state index contributed by atoms with van der Waals surface area (Å²) in [5.41, 5.74) is 4.34. The molecule has 0 spiro atoms. The van der Waals surface area contributed by atoms with Gasteiger partial charge in [-0.3, -0.25) is 9.48 Å². The molecule has 0 radical (unpaired) electrons.